The summed E-state index contributed by atoms with van der Waals surface area (Å²) in [5, 5.41) is 3.09. The van der Waals surface area contributed by atoms with Crippen LogP contribution in [0.5, 0.6) is 11.5 Å². The third kappa shape index (κ3) is 5.73. The van der Waals surface area contributed by atoms with Crippen molar-refractivity contribution in [2.45, 2.75) is 32.2 Å². The summed E-state index contributed by atoms with van der Waals surface area (Å²) in [5.74, 6) is 1.57. The summed E-state index contributed by atoms with van der Waals surface area (Å²) in [6.45, 7) is 3.81. The molecule has 1 N–H and O–H groups in total. The number of nitrogens with zero attached hydrogens (tertiary/aromatic N) is 1. The number of amides is 2. The molecule has 2 aromatic rings. The number of hydrogen-bond donors (Lipinski definition) is 1. The lowest BCUT2D eigenvalue weighted by molar-refractivity contribution is -0.121. The highest BCUT2D eigenvalue weighted by atomic mass is 16.5. The highest BCUT2D eigenvalue weighted by Gasteiger charge is 2.24. The van der Waals surface area contributed by atoms with Crippen LogP contribution in [0.15, 0.2) is 48.5 Å². The van der Waals surface area contributed by atoms with Gasteiger partial charge in [0.15, 0.2) is 0 Å². The quantitative estimate of drug-likeness (QED) is 0.781. The van der Waals surface area contributed by atoms with Crippen molar-refractivity contribution >= 4 is 11.8 Å². The van der Waals surface area contributed by atoms with Gasteiger partial charge in [0, 0.05) is 24.7 Å². The molecule has 1 saturated heterocycles. The van der Waals surface area contributed by atoms with Crippen LogP contribution in [0.4, 0.5) is 0 Å². The molecule has 2 aromatic carbocycles. The number of hydrogen-bond acceptors (Lipinski definition) is 4. The molecule has 6 heteroatoms. The first kappa shape index (κ1) is 20.7. The van der Waals surface area contributed by atoms with E-state index in [2.05, 4.69) is 5.32 Å². The van der Waals surface area contributed by atoms with Gasteiger partial charge in [-0.05, 0) is 61.7 Å². The van der Waals surface area contributed by atoms with Crippen molar-refractivity contribution in [1.29, 1.82) is 0 Å². The van der Waals surface area contributed by atoms with Crippen molar-refractivity contribution in [3.8, 4) is 11.5 Å². The summed E-state index contributed by atoms with van der Waals surface area (Å²) in [4.78, 5) is 26.9. The molecule has 0 radical (unpaired) electrons. The van der Waals surface area contributed by atoms with Crippen LogP contribution in [-0.4, -0.2) is 49.6 Å². The molecule has 6 nitrogen and oxygen atoms in total. The third-order valence-electron chi connectivity index (χ3n) is 5.08. The van der Waals surface area contributed by atoms with E-state index in [1.54, 1.807) is 19.2 Å². The van der Waals surface area contributed by atoms with Crippen molar-refractivity contribution in [2.75, 3.05) is 26.8 Å². The van der Waals surface area contributed by atoms with Crippen molar-refractivity contribution in [1.82, 2.24) is 10.2 Å². The number of rotatable bonds is 7. The van der Waals surface area contributed by atoms with Gasteiger partial charge < -0.3 is 19.7 Å². The smallest absolute Gasteiger partial charge is 0.253 e. The normalized spacial score (nSPS) is 14.3. The van der Waals surface area contributed by atoms with E-state index in [-0.39, 0.29) is 17.9 Å². The monoisotopic (exact) mass is 396 g/mol. The number of ether oxygens (including phenoxy) is 2. The molecule has 3 rings (SSSR count). The van der Waals surface area contributed by atoms with Gasteiger partial charge in [0.05, 0.1) is 20.1 Å². The Morgan fingerprint density at radius 3 is 2.21 bits per heavy atom. The van der Waals surface area contributed by atoms with Gasteiger partial charge in [0.1, 0.15) is 11.5 Å². The number of carbonyl (C=O) groups excluding carboxylic acids is 2. The fourth-order valence-corrected chi connectivity index (χ4v) is 3.48. The highest BCUT2D eigenvalue weighted by Crippen LogP contribution is 2.17. The van der Waals surface area contributed by atoms with Crippen LogP contribution in [0.3, 0.4) is 0 Å². The number of likely N-dealkylation sites (tertiary alicyclic amines) is 1. The van der Waals surface area contributed by atoms with E-state index < -0.39 is 0 Å². The molecule has 2 amide bonds. The maximum atomic E-state index is 12.7. The Morgan fingerprint density at radius 2 is 1.62 bits per heavy atom. The molecule has 0 saturated carbocycles. The Bertz CT molecular complexity index is 810. The fourth-order valence-electron chi connectivity index (χ4n) is 3.48. The Balaban J connectivity index is 1.45. The summed E-state index contributed by atoms with van der Waals surface area (Å²) in [6.07, 6.45) is 1.86. The summed E-state index contributed by atoms with van der Waals surface area (Å²) < 4.78 is 10.6. The van der Waals surface area contributed by atoms with Gasteiger partial charge in [-0.15, -0.1) is 0 Å². The predicted molar refractivity (Wildman–Crippen MR) is 111 cm³/mol. The Hall–Kier alpha value is -3.02. The van der Waals surface area contributed by atoms with Gasteiger partial charge in [-0.1, -0.05) is 12.1 Å². The van der Waals surface area contributed by atoms with Crippen LogP contribution in [-0.2, 0) is 11.2 Å². The average molecular weight is 396 g/mol. The topological polar surface area (TPSA) is 67.9 Å². The molecule has 0 aromatic heterocycles. The molecule has 0 bridgehead atoms. The highest BCUT2D eigenvalue weighted by molar-refractivity contribution is 5.94. The lowest BCUT2D eigenvalue weighted by Gasteiger charge is -2.32. The molecule has 1 fully saturated rings. The van der Waals surface area contributed by atoms with Gasteiger partial charge in [0.2, 0.25) is 5.91 Å². The standard InChI is InChI=1S/C23H28N2O4/c1-3-29-21-10-6-18(7-11-21)23(27)25-14-12-19(13-15-25)24-22(26)16-17-4-8-20(28-2)9-5-17/h4-11,19H,3,12-16H2,1-2H3,(H,24,26). The molecule has 1 aliphatic heterocycles. The largest absolute Gasteiger partial charge is 0.497 e. The van der Waals surface area contributed by atoms with Crippen LogP contribution in [0.25, 0.3) is 0 Å². The van der Waals surface area contributed by atoms with E-state index in [1.807, 2.05) is 48.2 Å². The number of methoxy groups -OCH3 is 1. The minimum atomic E-state index is 0.00598. The van der Waals surface area contributed by atoms with E-state index in [9.17, 15) is 9.59 Å². The second-order valence-corrected chi connectivity index (χ2v) is 7.12. The zero-order valence-electron chi connectivity index (χ0n) is 17.0. The SMILES string of the molecule is CCOc1ccc(C(=O)N2CCC(NC(=O)Cc3ccc(OC)cc3)CC2)cc1. The first-order chi connectivity index (χ1) is 14.1. The van der Waals surface area contributed by atoms with Gasteiger partial charge in [-0.25, -0.2) is 0 Å². The number of carbonyl (C=O) groups is 2. The minimum Gasteiger partial charge on any atom is -0.497 e. The van der Waals surface area contributed by atoms with Crippen LogP contribution >= 0.6 is 0 Å². The third-order valence-corrected chi connectivity index (χ3v) is 5.08. The lowest BCUT2D eigenvalue weighted by atomic mass is 10.0. The molecule has 154 valence electrons. The van der Waals surface area contributed by atoms with Gasteiger partial charge >= 0.3 is 0 Å². The van der Waals surface area contributed by atoms with Crippen molar-refractivity contribution in [3.63, 3.8) is 0 Å². The number of benzene rings is 2. The van der Waals surface area contributed by atoms with Gasteiger partial charge in [-0.2, -0.15) is 0 Å². The van der Waals surface area contributed by atoms with E-state index >= 15 is 0 Å². The Morgan fingerprint density at radius 1 is 1.00 bits per heavy atom. The molecule has 29 heavy (non-hydrogen) atoms. The minimum absolute atomic E-state index is 0.00598. The zero-order chi connectivity index (χ0) is 20.6. The van der Waals surface area contributed by atoms with Gasteiger partial charge in [0.25, 0.3) is 5.91 Å². The molecular weight excluding hydrogens is 368 g/mol. The van der Waals surface area contributed by atoms with E-state index in [0.717, 1.165) is 29.9 Å². The number of piperidine rings is 1. The van der Waals surface area contributed by atoms with Crippen molar-refractivity contribution < 1.29 is 19.1 Å². The van der Waals surface area contributed by atoms with Crippen LogP contribution in [0.1, 0.15) is 35.7 Å². The van der Waals surface area contributed by atoms with E-state index in [0.29, 0.717) is 31.7 Å². The molecule has 0 spiro atoms. The Kier molecular flexibility index (Phi) is 7.11. The molecule has 0 unspecified atom stereocenters. The molecule has 0 atom stereocenters. The second kappa shape index (κ2) is 9.96. The molecule has 0 aliphatic carbocycles. The average Bonchev–Trinajstić information content (AvgIpc) is 2.75. The first-order valence-electron chi connectivity index (χ1n) is 10.0. The first-order valence-corrected chi connectivity index (χ1v) is 10.0. The molecule has 1 aliphatic rings. The predicted octanol–water partition coefficient (Wildman–Crippen LogP) is 3.06. The second-order valence-electron chi connectivity index (χ2n) is 7.12. The van der Waals surface area contributed by atoms with E-state index in [4.69, 9.17) is 9.47 Å². The van der Waals surface area contributed by atoms with Crippen LogP contribution in [0.2, 0.25) is 0 Å². The molecule has 1 heterocycles. The van der Waals surface area contributed by atoms with Crippen LogP contribution in [0, 0.1) is 0 Å². The van der Waals surface area contributed by atoms with Crippen LogP contribution < -0.4 is 14.8 Å². The maximum Gasteiger partial charge on any atom is 0.253 e. The lowest BCUT2D eigenvalue weighted by Crippen LogP contribution is -2.46. The zero-order valence-corrected chi connectivity index (χ0v) is 17.0. The van der Waals surface area contributed by atoms with Gasteiger partial charge in [-0.3, -0.25) is 9.59 Å². The Labute approximate surface area is 171 Å². The summed E-state index contributed by atoms with van der Waals surface area (Å²) in [6, 6.07) is 14.9. The fraction of sp³-hybridized carbons (Fsp3) is 0.391. The summed E-state index contributed by atoms with van der Waals surface area (Å²) >= 11 is 0. The maximum absolute atomic E-state index is 12.7. The summed E-state index contributed by atoms with van der Waals surface area (Å²) in [7, 11) is 1.62. The summed E-state index contributed by atoms with van der Waals surface area (Å²) in [5.41, 5.74) is 1.61. The molecular formula is C23H28N2O4. The van der Waals surface area contributed by atoms with Crippen molar-refractivity contribution in [3.05, 3.63) is 59.7 Å². The number of nitrogens with one attached hydrogen (secondary N) is 1. The van der Waals surface area contributed by atoms with E-state index in [1.165, 1.54) is 0 Å². The van der Waals surface area contributed by atoms with Crippen molar-refractivity contribution in [2.24, 2.45) is 0 Å².